The van der Waals surface area contributed by atoms with Crippen LogP contribution >= 0.6 is 12.8 Å². The number of rotatable bonds is 3. The average molecular weight is 252 g/mol. The van der Waals surface area contributed by atoms with E-state index in [1.165, 1.54) is 19.3 Å². The summed E-state index contributed by atoms with van der Waals surface area (Å²) in [7, 11) is 0. The van der Waals surface area contributed by atoms with E-state index in [0.717, 1.165) is 18.9 Å². The fourth-order valence-electron chi connectivity index (χ4n) is 2.03. The molecule has 17 heavy (non-hydrogen) atoms. The summed E-state index contributed by atoms with van der Waals surface area (Å²) >= 11 is 3.95. The molecule has 0 bridgehead atoms. The number of piperidine rings is 1. The van der Waals surface area contributed by atoms with Gasteiger partial charge in [-0.3, -0.25) is 4.79 Å². The van der Waals surface area contributed by atoms with Gasteiger partial charge in [0.05, 0.1) is 5.56 Å². The minimum absolute atomic E-state index is 0.362. The van der Waals surface area contributed by atoms with Crippen molar-refractivity contribution in [3.8, 4) is 0 Å². The summed E-state index contributed by atoms with van der Waals surface area (Å²) in [6.07, 6.45) is 3.64. The summed E-state index contributed by atoms with van der Waals surface area (Å²) in [5.74, 6) is 0.786. The van der Waals surface area contributed by atoms with Gasteiger partial charge >= 0.3 is 0 Å². The van der Waals surface area contributed by atoms with Gasteiger partial charge in [-0.1, -0.05) is 12.8 Å². The quantitative estimate of drug-likeness (QED) is 0.712. The van der Waals surface area contributed by atoms with Crippen molar-refractivity contribution in [3.63, 3.8) is 0 Å². The maximum atomic E-state index is 11.2. The number of anilines is 2. The first-order chi connectivity index (χ1) is 8.22. The largest absolute Gasteiger partial charge is 0.365 e. The second kappa shape index (κ2) is 5.27. The molecule has 1 aliphatic rings. The molecule has 0 atom stereocenters. The highest BCUT2D eigenvalue weighted by Gasteiger charge is 2.15. The van der Waals surface area contributed by atoms with Crippen molar-refractivity contribution >= 4 is 30.4 Å². The number of thiol groups is 1. The summed E-state index contributed by atoms with van der Waals surface area (Å²) in [5, 5.41) is 0. The number of carbonyl (C=O) groups is 1. The summed E-state index contributed by atoms with van der Waals surface area (Å²) in [5.41, 5.74) is 5.61. The SMILES string of the molecule is NC(=O)c1ccc(N2CCCCC2)nc1NS. The van der Waals surface area contributed by atoms with Crippen molar-refractivity contribution in [1.82, 2.24) is 4.98 Å². The molecular weight excluding hydrogens is 236 g/mol. The van der Waals surface area contributed by atoms with Crippen LogP contribution < -0.4 is 15.4 Å². The first-order valence-electron chi connectivity index (χ1n) is 5.68. The molecule has 0 aliphatic carbocycles. The number of nitrogens with zero attached hydrogens (tertiary/aromatic N) is 2. The molecule has 0 unspecified atom stereocenters. The molecule has 2 heterocycles. The lowest BCUT2D eigenvalue weighted by atomic mass is 10.1. The maximum Gasteiger partial charge on any atom is 0.252 e. The minimum Gasteiger partial charge on any atom is -0.365 e. The van der Waals surface area contributed by atoms with Crippen molar-refractivity contribution < 1.29 is 4.79 Å². The van der Waals surface area contributed by atoms with Crippen LogP contribution in [0.25, 0.3) is 0 Å². The Morgan fingerprint density at radius 1 is 1.35 bits per heavy atom. The van der Waals surface area contributed by atoms with Crippen molar-refractivity contribution in [1.29, 1.82) is 0 Å². The molecule has 1 amide bonds. The van der Waals surface area contributed by atoms with Gasteiger partial charge in [0, 0.05) is 13.1 Å². The number of carbonyl (C=O) groups excluding carboxylic acids is 1. The van der Waals surface area contributed by atoms with E-state index in [9.17, 15) is 4.79 Å². The number of primary amides is 1. The van der Waals surface area contributed by atoms with Gasteiger partial charge in [0.1, 0.15) is 5.82 Å². The number of hydrogen-bond acceptors (Lipinski definition) is 5. The number of amides is 1. The number of aromatic nitrogens is 1. The van der Waals surface area contributed by atoms with E-state index in [1.54, 1.807) is 6.07 Å². The molecule has 92 valence electrons. The standard InChI is InChI=1S/C11H16N4OS/c12-10(16)8-4-5-9(13-11(8)14-17)15-6-2-1-3-7-15/h4-5,17H,1-3,6-7H2,(H2,12,16)(H,13,14). The Labute approximate surface area is 106 Å². The van der Waals surface area contributed by atoms with Crippen LogP contribution in [0.5, 0.6) is 0 Å². The highest BCUT2D eigenvalue weighted by molar-refractivity contribution is 7.81. The second-order valence-corrected chi connectivity index (χ2v) is 4.31. The minimum atomic E-state index is -0.501. The first-order valence-corrected chi connectivity index (χ1v) is 6.13. The number of nitrogens with two attached hydrogens (primary N) is 1. The van der Waals surface area contributed by atoms with Crippen molar-refractivity contribution in [2.24, 2.45) is 5.73 Å². The van der Waals surface area contributed by atoms with E-state index in [-0.39, 0.29) is 0 Å². The normalized spacial score (nSPS) is 15.7. The third-order valence-electron chi connectivity index (χ3n) is 2.93. The molecule has 1 aromatic heterocycles. The lowest BCUT2D eigenvalue weighted by Crippen LogP contribution is -2.30. The molecule has 0 saturated carbocycles. The lowest BCUT2D eigenvalue weighted by molar-refractivity contribution is 0.100. The van der Waals surface area contributed by atoms with Gasteiger partial charge in [0.25, 0.3) is 5.91 Å². The molecule has 1 aliphatic heterocycles. The Bertz CT molecular complexity index is 418. The van der Waals surface area contributed by atoms with Gasteiger partial charge < -0.3 is 15.4 Å². The third-order valence-corrected chi connectivity index (χ3v) is 3.14. The topological polar surface area (TPSA) is 71.2 Å². The lowest BCUT2D eigenvalue weighted by Gasteiger charge is -2.28. The Hall–Kier alpha value is -1.43. The van der Waals surface area contributed by atoms with E-state index >= 15 is 0 Å². The van der Waals surface area contributed by atoms with Crippen LogP contribution in [0.2, 0.25) is 0 Å². The zero-order chi connectivity index (χ0) is 12.3. The van der Waals surface area contributed by atoms with Gasteiger partial charge in [0.2, 0.25) is 0 Å². The fourth-order valence-corrected chi connectivity index (χ4v) is 2.20. The first kappa shape index (κ1) is 12.0. The zero-order valence-corrected chi connectivity index (χ0v) is 10.4. The molecular formula is C11H16N4OS. The Morgan fingerprint density at radius 2 is 2.06 bits per heavy atom. The third kappa shape index (κ3) is 2.63. The molecule has 6 heteroatoms. The van der Waals surface area contributed by atoms with Crippen molar-refractivity contribution in [2.75, 3.05) is 22.7 Å². The summed E-state index contributed by atoms with van der Waals surface area (Å²) in [6.45, 7) is 2.02. The molecule has 2 rings (SSSR count). The van der Waals surface area contributed by atoms with Gasteiger partial charge in [-0.15, -0.1) is 0 Å². The smallest absolute Gasteiger partial charge is 0.252 e. The molecule has 1 aromatic rings. The van der Waals surface area contributed by atoms with Crippen LogP contribution in [0.15, 0.2) is 12.1 Å². The van der Waals surface area contributed by atoms with Gasteiger partial charge in [0.15, 0.2) is 5.82 Å². The van der Waals surface area contributed by atoms with Crippen LogP contribution in [0.3, 0.4) is 0 Å². The highest BCUT2D eigenvalue weighted by Crippen LogP contribution is 2.22. The Kier molecular flexibility index (Phi) is 3.73. The molecule has 0 spiro atoms. The van der Waals surface area contributed by atoms with Gasteiger partial charge in [-0.05, 0) is 31.4 Å². The van der Waals surface area contributed by atoms with E-state index in [1.807, 2.05) is 6.07 Å². The predicted molar refractivity (Wildman–Crippen MR) is 71.4 cm³/mol. The molecule has 3 N–H and O–H groups in total. The monoisotopic (exact) mass is 252 g/mol. The number of pyridine rings is 1. The van der Waals surface area contributed by atoms with Gasteiger partial charge in [-0.2, -0.15) is 0 Å². The Balaban J connectivity index is 2.27. The van der Waals surface area contributed by atoms with Crippen molar-refractivity contribution in [3.05, 3.63) is 17.7 Å². The van der Waals surface area contributed by atoms with Crippen molar-refractivity contribution in [2.45, 2.75) is 19.3 Å². The molecule has 0 aromatic carbocycles. The van der Waals surface area contributed by atoms with E-state index in [0.29, 0.717) is 11.4 Å². The molecule has 1 fully saturated rings. The summed E-state index contributed by atoms with van der Waals surface area (Å²) in [6, 6.07) is 3.53. The summed E-state index contributed by atoms with van der Waals surface area (Å²) in [4.78, 5) is 17.7. The predicted octanol–water partition coefficient (Wildman–Crippen LogP) is 1.43. The highest BCUT2D eigenvalue weighted by atomic mass is 32.1. The zero-order valence-electron chi connectivity index (χ0n) is 9.52. The summed E-state index contributed by atoms with van der Waals surface area (Å²) < 4.78 is 2.61. The average Bonchev–Trinajstić information content (AvgIpc) is 2.39. The van der Waals surface area contributed by atoms with Crippen LogP contribution in [-0.4, -0.2) is 24.0 Å². The van der Waals surface area contributed by atoms with Crippen LogP contribution in [0, 0.1) is 0 Å². The van der Waals surface area contributed by atoms with E-state index in [4.69, 9.17) is 5.73 Å². The molecule has 0 radical (unpaired) electrons. The number of hydrogen-bond donors (Lipinski definition) is 3. The number of nitrogens with one attached hydrogen (secondary N) is 1. The molecule has 5 nitrogen and oxygen atoms in total. The van der Waals surface area contributed by atoms with Crippen LogP contribution in [-0.2, 0) is 0 Å². The molecule has 1 saturated heterocycles. The van der Waals surface area contributed by atoms with E-state index < -0.39 is 5.91 Å². The van der Waals surface area contributed by atoms with Gasteiger partial charge in [-0.25, -0.2) is 4.98 Å². The van der Waals surface area contributed by atoms with E-state index in [2.05, 4.69) is 27.4 Å². The van der Waals surface area contributed by atoms with Crippen LogP contribution in [0.4, 0.5) is 11.6 Å². The maximum absolute atomic E-state index is 11.2. The second-order valence-electron chi connectivity index (χ2n) is 4.09. The Morgan fingerprint density at radius 3 is 2.65 bits per heavy atom. The van der Waals surface area contributed by atoms with Crippen LogP contribution in [0.1, 0.15) is 29.6 Å². The fraction of sp³-hybridized carbons (Fsp3) is 0.455.